The van der Waals surface area contributed by atoms with Crippen LogP contribution < -0.4 is 49.5 Å². The lowest BCUT2D eigenvalue weighted by Gasteiger charge is -2.27. The second-order valence-corrected chi connectivity index (χ2v) is 24.1. The van der Waals surface area contributed by atoms with Gasteiger partial charge in [0.25, 0.3) is 0 Å². The summed E-state index contributed by atoms with van der Waals surface area (Å²) in [5.41, 5.74) is 22.8. The van der Waals surface area contributed by atoms with Crippen LogP contribution in [0.4, 0.5) is 0 Å². The fourth-order valence-electron chi connectivity index (χ4n) is 7.09. The van der Waals surface area contributed by atoms with E-state index in [0.29, 0.717) is 24.9 Å². The van der Waals surface area contributed by atoms with Crippen LogP contribution in [-0.2, 0) is 54.4 Å². The standard InChI is InChI=1S/C49H79ClN10O11S3/c1-48(2,3)73-27-36(39(63)22-31(19-29-13-8-7-9-14-29)44(69)58-35(26-72)42(52)67)59-45(70)32(23-41(65)66)20-33(61)25-56-43(68)30(15-12-18-55-47(53)54)21-38(62)37(28-74-49(4,5)6)60-46(71)34(16-10-11-17-51)57-40(64)24-50/h7-9,13-14,30-32,34-37,72H,10-12,15-28,51H2,1-6H3,(H2,52,67)(H,56,68)(H,57,64)(H,58,69)(H,59,70)(H,60,71)(H,65,66)(H4,53,54,55)/t30-,31-,32+,34+,35+,36+,37+/m1/s1. The van der Waals surface area contributed by atoms with Gasteiger partial charge in [-0.25, -0.2) is 0 Å². The number of hydrogen-bond acceptors (Lipinski definition) is 15. The SMILES string of the molecule is CC(C)(C)SC[C@H](NC(=O)[C@H](CC(=O)O)CC(=O)CNC(=O)[C@H](CCCN=C(N)N)CC(=O)[C@H](CSC(C)(C)C)NC(=O)[C@H](CCCCN)NC(=O)CCl)C(=O)C[C@@H](Cc1ccccc1)C(=O)N[C@@H](CS)C(N)=O. The van der Waals surface area contributed by atoms with Gasteiger partial charge >= 0.3 is 5.97 Å². The van der Waals surface area contributed by atoms with Gasteiger partial charge in [0, 0.05) is 64.4 Å². The summed E-state index contributed by atoms with van der Waals surface area (Å²) in [5.74, 6) is -11.8. The maximum atomic E-state index is 14.2. The highest BCUT2D eigenvalue weighted by Gasteiger charge is 2.35. The molecule has 0 fully saturated rings. The maximum Gasteiger partial charge on any atom is 0.304 e. The van der Waals surface area contributed by atoms with Gasteiger partial charge in [0.05, 0.1) is 31.0 Å². The third kappa shape index (κ3) is 29.3. The second-order valence-electron chi connectivity index (χ2n) is 19.8. The summed E-state index contributed by atoms with van der Waals surface area (Å²) in [4.78, 5) is 137. The molecule has 0 saturated heterocycles. The van der Waals surface area contributed by atoms with Crippen LogP contribution in [0, 0.1) is 17.8 Å². The van der Waals surface area contributed by atoms with E-state index in [2.05, 4.69) is 44.2 Å². The summed E-state index contributed by atoms with van der Waals surface area (Å²) >= 11 is 12.5. The predicted octanol–water partition coefficient (Wildman–Crippen LogP) is 1.39. The Bertz CT molecular complexity index is 2070. The Morgan fingerprint density at radius 2 is 1.20 bits per heavy atom. The Hall–Kier alpha value is -4.91. The molecule has 21 nitrogen and oxygen atoms in total. The van der Waals surface area contributed by atoms with Crippen LogP contribution in [0.5, 0.6) is 0 Å². The number of unbranched alkanes of at least 4 members (excludes halogenated alkanes) is 1. The maximum absolute atomic E-state index is 14.2. The number of nitrogens with one attached hydrogen (secondary N) is 5. The van der Waals surface area contributed by atoms with Crippen LogP contribution in [0.2, 0.25) is 0 Å². The molecule has 0 bridgehead atoms. The number of rotatable bonds is 37. The molecule has 0 radical (unpaired) electrons. The van der Waals surface area contributed by atoms with E-state index >= 15 is 0 Å². The monoisotopic (exact) mass is 1110 g/mol. The molecular formula is C49H79ClN10O11S3. The normalized spacial score (nSPS) is 14.3. The van der Waals surface area contributed by atoms with Crippen molar-refractivity contribution in [2.45, 2.75) is 139 Å². The number of nitrogens with two attached hydrogens (primary N) is 4. The molecule has 0 unspecified atom stereocenters. The van der Waals surface area contributed by atoms with Crippen molar-refractivity contribution in [3.8, 4) is 0 Å². The minimum atomic E-state index is -1.50. The largest absolute Gasteiger partial charge is 0.481 e. The first-order valence-electron chi connectivity index (χ1n) is 24.4. The van der Waals surface area contributed by atoms with Gasteiger partial charge in [-0.15, -0.1) is 11.6 Å². The minimum absolute atomic E-state index is 0.0147. The lowest BCUT2D eigenvalue weighted by molar-refractivity contribution is -0.142. The van der Waals surface area contributed by atoms with Crippen molar-refractivity contribution < 1.29 is 53.1 Å². The van der Waals surface area contributed by atoms with Crippen molar-refractivity contribution in [3.63, 3.8) is 0 Å². The number of primary amides is 1. The number of ketones is 3. The lowest BCUT2D eigenvalue weighted by atomic mass is 9.91. The van der Waals surface area contributed by atoms with Gasteiger partial charge < -0.3 is 54.6 Å². The molecule has 1 aromatic rings. The highest BCUT2D eigenvalue weighted by Crippen LogP contribution is 2.27. The summed E-state index contributed by atoms with van der Waals surface area (Å²) in [7, 11) is 0. The summed E-state index contributed by atoms with van der Waals surface area (Å²) in [5, 5.41) is 22.9. The van der Waals surface area contributed by atoms with Gasteiger partial charge in [0.15, 0.2) is 23.3 Å². The van der Waals surface area contributed by atoms with E-state index < -0.39 is 144 Å². The number of carboxylic acids is 1. The van der Waals surface area contributed by atoms with Gasteiger partial charge in [-0.3, -0.25) is 52.9 Å². The Balaban J connectivity index is 3.43. The summed E-state index contributed by atoms with van der Waals surface area (Å²) < 4.78 is -0.760. The second kappa shape index (κ2) is 34.6. The smallest absolute Gasteiger partial charge is 0.304 e. The van der Waals surface area contributed by atoms with Gasteiger partial charge in [-0.2, -0.15) is 36.2 Å². The van der Waals surface area contributed by atoms with E-state index in [1.54, 1.807) is 30.3 Å². The average Bonchev–Trinajstić information content (AvgIpc) is 3.31. The molecule has 14 N–H and O–H groups in total. The number of thiol groups is 1. The van der Waals surface area contributed by atoms with Crippen LogP contribution in [0.3, 0.4) is 0 Å². The fraction of sp³-hybridized carbons (Fsp3) is 0.653. The molecule has 6 amide bonds. The number of guanidine groups is 1. The number of alkyl halides is 1. The van der Waals surface area contributed by atoms with Crippen molar-refractivity contribution in [1.82, 2.24) is 26.6 Å². The fourth-order valence-corrected chi connectivity index (χ4v) is 9.31. The number of Topliss-reactive ketones (excluding diaryl/α,β-unsaturated/α-hetero) is 3. The highest BCUT2D eigenvalue weighted by atomic mass is 35.5. The van der Waals surface area contributed by atoms with E-state index in [1.807, 2.05) is 41.5 Å². The average molecular weight is 1120 g/mol. The van der Waals surface area contributed by atoms with Gasteiger partial charge in [0.1, 0.15) is 18.0 Å². The summed E-state index contributed by atoms with van der Waals surface area (Å²) in [6, 6.07) is 4.30. The summed E-state index contributed by atoms with van der Waals surface area (Å²) in [6.07, 6.45) is -0.613. The minimum Gasteiger partial charge on any atom is -0.481 e. The van der Waals surface area contributed by atoms with Gasteiger partial charge in [0.2, 0.25) is 35.4 Å². The number of carbonyl (C=O) groups excluding carboxylic acids is 9. The number of halogens is 1. The Morgan fingerprint density at radius 3 is 1.70 bits per heavy atom. The van der Waals surface area contributed by atoms with E-state index in [4.69, 9.17) is 34.5 Å². The molecule has 25 heteroatoms. The predicted molar refractivity (Wildman–Crippen MR) is 293 cm³/mol. The number of benzene rings is 1. The number of carboxylic acid groups (broad SMARTS) is 1. The van der Waals surface area contributed by atoms with Crippen molar-refractivity contribution in [2.75, 3.05) is 42.8 Å². The first-order valence-corrected chi connectivity index (χ1v) is 27.5. The molecule has 0 heterocycles. The van der Waals surface area contributed by atoms with Crippen molar-refractivity contribution in [3.05, 3.63) is 35.9 Å². The molecule has 416 valence electrons. The third-order valence-corrected chi connectivity index (χ3v) is 14.4. The first-order chi connectivity index (χ1) is 34.6. The van der Waals surface area contributed by atoms with Crippen LogP contribution >= 0.6 is 47.8 Å². The third-order valence-electron chi connectivity index (χ3n) is 11.0. The molecule has 1 rings (SSSR count). The van der Waals surface area contributed by atoms with Crippen LogP contribution in [0.1, 0.15) is 105 Å². The Kier molecular flexibility index (Phi) is 31.4. The van der Waals surface area contributed by atoms with E-state index in [9.17, 15) is 53.1 Å². The first kappa shape index (κ1) is 67.1. The van der Waals surface area contributed by atoms with Gasteiger partial charge in [-0.05, 0) is 50.6 Å². The Labute approximate surface area is 453 Å². The van der Waals surface area contributed by atoms with E-state index in [1.165, 1.54) is 23.5 Å². The zero-order valence-corrected chi connectivity index (χ0v) is 46.7. The van der Waals surface area contributed by atoms with Crippen molar-refractivity contribution >= 4 is 112 Å². The highest BCUT2D eigenvalue weighted by molar-refractivity contribution is 8.00. The molecular weight excluding hydrogens is 1040 g/mol. The van der Waals surface area contributed by atoms with E-state index in [-0.39, 0.29) is 60.2 Å². The zero-order valence-electron chi connectivity index (χ0n) is 43.4. The quantitative estimate of drug-likeness (QED) is 0.0147. The Morgan fingerprint density at radius 1 is 0.662 bits per heavy atom. The van der Waals surface area contributed by atoms with Crippen molar-refractivity contribution in [2.24, 2.45) is 45.7 Å². The number of hydrogen-bond donors (Lipinski definition) is 11. The molecule has 74 heavy (non-hydrogen) atoms. The van der Waals surface area contributed by atoms with Crippen LogP contribution in [0.15, 0.2) is 35.3 Å². The number of thioether (sulfide) groups is 2. The summed E-state index contributed by atoms with van der Waals surface area (Å²) in [6.45, 7) is 11.2. The molecule has 7 atom stereocenters. The van der Waals surface area contributed by atoms with Crippen LogP contribution in [-0.4, -0.2) is 146 Å². The molecule has 0 saturated carbocycles. The number of nitrogens with zero attached hydrogens (tertiary/aromatic N) is 1. The van der Waals surface area contributed by atoms with E-state index in [0.717, 1.165) is 0 Å². The molecule has 0 aliphatic rings. The lowest BCUT2D eigenvalue weighted by Crippen LogP contribution is -2.53. The molecule has 0 aliphatic carbocycles. The topological polar surface area (TPSA) is 368 Å². The number of amides is 6. The number of carbonyl (C=O) groups is 10. The van der Waals surface area contributed by atoms with Crippen LogP contribution in [0.25, 0.3) is 0 Å². The van der Waals surface area contributed by atoms with Gasteiger partial charge in [-0.1, -0.05) is 71.9 Å². The number of aliphatic carboxylic acids is 1. The molecule has 0 aliphatic heterocycles. The molecule has 1 aromatic carbocycles. The molecule has 0 spiro atoms. The molecule has 0 aromatic heterocycles. The van der Waals surface area contributed by atoms with Crippen molar-refractivity contribution in [1.29, 1.82) is 0 Å². The number of aliphatic imine (C=N–C) groups is 1. The zero-order chi connectivity index (χ0) is 56.2.